The van der Waals surface area contributed by atoms with Gasteiger partial charge in [0.1, 0.15) is 17.6 Å². The van der Waals surface area contributed by atoms with Crippen molar-refractivity contribution in [3.05, 3.63) is 0 Å². The first kappa shape index (κ1) is 11.7. The van der Waals surface area contributed by atoms with E-state index in [0.717, 1.165) is 0 Å². The van der Waals surface area contributed by atoms with Gasteiger partial charge in [-0.25, -0.2) is 9.59 Å². The summed E-state index contributed by atoms with van der Waals surface area (Å²) < 4.78 is 8.47. The Bertz CT molecular complexity index is 142. The third-order valence-electron chi connectivity index (χ3n) is 0.625. The third-order valence-corrected chi connectivity index (χ3v) is 1.54. The molecule has 2 unspecified atom stereocenters. The van der Waals surface area contributed by atoms with Crippen molar-refractivity contribution in [3.63, 3.8) is 0 Å². The quantitative estimate of drug-likeness (QED) is 0.468. The molecule has 2 atom stereocenters. The van der Waals surface area contributed by atoms with Gasteiger partial charge < -0.3 is 19.3 Å². The Morgan fingerprint density at radius 1 is 1.00 bits per heavy atom. The number of carbonyl (C=O) groups excluding carboxylic acids is 2. The molecule has 0 radical (unpaired) electrons. The smallest absolute Gasteiger partial charge is 0.420 e. The van der Waals surface area contributed by atoms with Gasteiger partial charge in [0, 0.05) is 0 Å². The zero-order valence-corrected chi connectivity index (χ0v) is 7.94. The van der Waals surface area contributed by atoms with Gasteiger partial charge in [-0.2, -0.15) is 0 Å². The predicted octanol–water partition coefficient (Wildman–Crippen LogP) is -0.841. The fourth-order valence-corrected chi connectivity index (χ4v) is 0.837. The molecule has 0 saturated heterocycles. The fourth-order valence-electron chi connectivity index (χ4n) is 0.279. The summed E-state index contributed by atoms with van der Waals surface area (Å²) in [5, 5.41) is 16.4. The highest BCUT2D eigenvalue weighted by atomic mass is 31.1. The summed E-state index contributed by atoms with van der Waals surface area (Å²) in [5.41, 5.74) is 0. The summed E-state index contributed by atoms with van der Waals surface area (Å²) in [6.07, 6.45) is -0.636. The average molecular weight is 214 g/mol. The highest BCUT2D eigenvalue weighted by Gasteiger charge is 2.16. The van der Waals surface area contributed by atoms with Crippen LogP contribution < -0.4 is 0 Å². The van der Waals surface area contributed by atoms with E-state index in [9.17, 15) is 9.59 Å². The first-order valence-electron chi connectivity index (χ1n) is 2.81. The lowest BCUT2D eigenvalue weighted by atomic mass is 10.7. The van der Waals surface area contributed by atoms with Crippen LogP contribution in [0.25, 0.3) is 0 Å². The summed E-state index contributed by atoms with van der Waals surface area (Å²) in [6, 6.07) is 0. The maximum Gasteiger partial charge on any atom is 0.420 e. The zero-order valence-electron chi connectivity index (χ0n) is 5.94. The fraction of sp³-hybridized carbons (Fsp3) is 0.500. The number of hydrogen-bond acceptors (Lipinski definition) is 6. The first-order valence-corrected chi connectivity index (χ1v) is 5.05. The van der Waals surface area contributed by atoms with E-state index in [-0.39, 0.29) is 12.7 Å². The Balaban J connectivity index is 3.55. The molecule has 0 aliphatic carbocycles. The zero-order chi connectivity index (χ0) is 9.40. The van der Waals surface area contributed by atoms with Gasteiger partial charge >= 0.3 is 11.9 Å². The molecule has 0 aromatic heterocycles. The lowest BCUT2D eigenvalue weighted by Crippen LogP contribution is -2.14. The molecule has 0 spiro atoms. The molecule has 0 rings (SSSR count). The molecule has 0 heterocycles. The predicted molar refractivity (Wildman–Crippen MR) is 43.0 cm³/mol. The van der Waals surface area contributed by atoms with Crippen molar-refractivity contribution in [2.24, 2.45) is 0 Å². The van der Waals surface area contributed by atoms with Gasteiger partial charge in [-0.3, -0.25) is 0 Å². The largest absolute Gasteiger partial charge is 0.437 e. The van der Waals surface area contributed by atoms with E-state index < -0.39 is 29.6 Å². The van der Waals surface area contributed by atoms with Gasteiger partial charge in [0.05, 0.1) is 12.7 Å². The molecule has 0 aromatic carbocycles. The molecular formula is C4H8O6P2. The maximum atomic E-state index is 10.5. The van der Waals surface area contributed by atoms with Gasteiger partial charge in [0.2, 0.25) is 0 Å². The summed E-state index contributed by atoms with van der Waals surface area (Å²) >= 11 is 0. The van der Waals surface area contributed by atoms with Crippen LogP contribution in [-0.2, 0) is 18.6 Å². The van der Waals surface area contributed by atoms with E-state index in [0.29, 0.717) is 0 Å². The summed E-state index contributed by atoms with van der Waals surface area (Å²) in [4.78, 5) is 21.1. The van der Waals surface area contributed by atoms with Crippen molar-refractivity contribution in [2.45, 2.75) is 0 Å². The Kier molecular flexibility index (Phi) is 7.20. The van der Waals surface area contributed by atoms with Gasteiger partial charge in [-0.1, -0.05) is 0 Å². The highest BCUT2D eigenvalue weighted by Crippen LogP contribution is 2.13. The van der Waals surface area contributed by atoms with Gasteiger partial charge in [0.15, 0.2) is 0 Å². The highest BCUT2D eigenvalue weighted by molar-refractivity contribution is 7.33. The first-order chi connectivity index (χ1) is 5.72. The van der Waals surface area contributed by atoms with Gasteiger partial charge in [-0.15, -0.1) is 0 Å². The van der Waals surface area contributed by atoms with Crippen molar-refractivity contribution >= 4 is 29.6 Å². The third kappa shape index (κ3) is 5.38. The van der Waals surface area contributed by atoms with Crippen molar-refractivity contribution in [2.75, 3.05) is 12.7 Å². The Morgan fingerprint density at radius 3 is 1.58 bits per heavy atom. The molecule has 0 bridgehead atoms. The molecule has 0 saturated carbocycles. The second-order valence-electron chi connectivity index (χ2n) is 1.38. The van der Waals surface area contributed by atoms with Crippen LogP contribution >= 0.6 is 17.6 Å². The minimum atomic E-state index is -1.15. The monoisotopic (exact) mass is 214 g/mol. The van der Waals surface area contributed by atoms with Crippen molar-refractivity contribution in [1.29, 1.82) is 0 Å². The standard InChI is InChI=1S/C4H8O6P2/c5-1-11-9-3(7)4(8)10-12-2-6/h5-6,11-12H,1-2H2. The molecule has 0 fully saturated rings. The molecule has 70 valence electrons. The number of aliphatic hydroxyl groups is 2. The number of carbonyl (C=O) groups is 2. The molecule has 2 N–H and O–H groups in total. The summed E-state index contributed by atoms with van der Waals surface area (Å²) in [7, 11) is -0.922. The van der Waals surface area contributed by atoms with Crippen molar-refractivity contribution in [1.82, 2.24) is 0 Å². The molecule has 0 aliphatic rings. The van der Waals surface area contributed by atoms with Crippen LogP contribution in [0, 0.1) is 0 Å². The Morgan fingerprint density at radius 2 is 1.33 bits per heavy atom. The number of aliphatic hydroxyl groups excluding tert-OH is 2. The van der Waals surface area contributed by atoms with Gasteiger partial charge in [0.25, 0.3) is 0 Å². The summed E-state index contributed by atoms with van der Waals surface area (Å²) in [5.74, 6) is -2.30. The Hall–Kier alpha value is -0.280. The number of hydrogen-bond donors (Lipinski definition) is 2. The van der Waals surface area contributed by atoms with E-state index in [1.54, 1.807) is 0 Å². The second kappa shape index (κ2) is 7.37. The van der Waals surface area contributed by atoms with Crippen molar-refractivity contribution in [3.8, 4) is 0 Å². The molecule has 6 nitrogen and oxygen atoms in total. The van der Waals surface area contributed by atoms with Crippen LogP contribution in [0.3, 0.4) is 0 Å². The minimum absolute atomic E-state index is 0.318. The maximum absolute atomic E-state index is 10.5. The topological polar surface area (TPSA) is 93.1 Å². The van der Waals surface area contributed by atoms with Crippen LogP contribution in [0.15, 0.2) is 0 Å². The van der Waals surface area contributed by atoms with Gasteiger partial charge in [-0.05, 0) is 0 Å². The van der Waals surface area contributed by atoms with E-state index in [2.05, 4.69) is 9.05 Å². The lowest BCUT2D eigenvalue weighted by Gasteiger charge is -2.01. The molecular weight excluding hydrogens is 206 g/mol. The second-order valence-corrected chi connectivity index (χ2v) is 3.00. The number of rotatable bonds is 4. The molecule has 12 heavy (non-hydrogen) atoms. The average Bonchev–Trinajstić information content (AvgIpc) is 2.10. The molecule has 0 amide bonds. The van der Waals surface area contributed by atoms with E-state index in [1.165, 1.54) is 0 Å². The van der Waals surface area contributed by atoms with Crippen molar-refractivity contribution < 1.29 is 28.8 Å². The van der Waals surface area contributed by atoms with Crippen LogP contribution in [0.5, 0.6) is 0 Å². The SMILES string of the molecule is O=C(OPCO)C(=O)OPCO. The van der Waals surface area contributed by atoms with E-state index in [4.69, 9.17) is 10.2 Å². The molecule has 0 aromatic rings. The van der Waals surface area contributed by atoms with E-state index in [1.807, 2.05) is 0 Å². The van der Waals surface area contributed by atoms with Crippen LogP contribution in [0.1, 0.15) is 0 Å². The van der Waals surface area contributed by atoms with Crippen LogP contribution in [0.4, 0.5) is 0 Å². The molecule has 8 heteroatoms. The van der Waals surface area contributed by atoms with Crippen LogP contribution in [-0.4, -0.2) is 34.8 Å². The minimum Gasteiger partial charge on any atom is -0.437 e. The normalized spacial score (nSPS) is 11.2. The molecule has 0 aliphatic heterocycles. The summed E-state index contributed by atoms with van der Waals surface area (Å²) in [6.45, 7) is 0. The lowest BCUT2D eigenvalue weighted by molar-refractivity contribution is -0.155. The van der Waals surface area contributed by atoms with Crippen LogP contribution in [0.2, 0.25) is 0 Å². The Labute approximate surface area is 72.0 Å². The van der Waals surface area contributed by atoms with E-state index >= 15 is 0 Å².